The monoisotopic (exact) mass is 227 g/mol. The molecule has 0 unspecified atom stereocenters. The molecule has 0 rings (SSSR count). The highest BCUT2D eigenvalue weighted by Gasteiger charge is 2.21. The lowest BCUT2D eigenvalue weighted by Gasteiger charge is -2.25. The van der Waals surface area contributed by atoms with Gasteiger partial charge in [-0.3, -0.25) is 9.59 Å². The number of hydrogen-bond donors (Lipinski definition) is 2. The zero-order chi connectivity index (χ0) is 12.8. The van der Waals surface area contributed by atoms with E-state index in [-0.39, 0.29) is 12.3 Å². The molecule has 0 aromatic rings. The van der Waals surface area contributed by atoms with Crippen LogP contribution in [0.4, 0.5) is 0 Å². The molecule has 0 aliphatic heterocycles. The van der Waals surface area contributed by atoms with Crippen LogP contribution in [-0.2, 0) is 9.59 Å². The Balaban J connectivity index is 4.30. The van der Waals surface area contributed by atoms with Crippen molar-refractivity contribution >= 4 is 11.9 Å². The maximum Gasteiger partial charge on any atom is 0.303 e. The maximum absolute atomic E-state index is 11.7. The molecule has 4 nitrogen and oxygen atoms in total. The van der Waals surface area contributed by atoms with Gasteiger partial charge in [-0.15, -0.1) is 0 Å². The highest BCUT2D eigenvalue weighted by atomic mass is 16.4. The molecule has 0 bridgehead atoms. The standard InChI is InChI=1S/C12H21NO3/c1-5-6-9(2)11(16)13-12(3,4)8-7-10(14)15/h6H,5,7-8H2,1-4H3,(H,13,16)(H,14,15). The first-order valence-corrected chi connectivity index (χ1v) is 5.49. The summed E-state index contributed by atoms with van der Waals surface area (Å²) in [5, 5.41) is 11.4. The number of nitrogens with one attached hydrogen (secondary N) is 1. The molecule has 0 fully saturated rings. The van der Waals surface area contributed by atoms with Crippen LogP contribution >= 0.6 is 0 Å². The second kappa shape index (κ2) is 6.30. The van der Waals surface area contributed by atoms with Crippen LogP contribution in [0.2, 0.25) is 0 Å². The SMILES string of the molecule is CCC=C(C)C(=O)NC(C)(C)CCC(=O)O. The smallest absolute Gasteiger partial charge is 0.303 e. The van der Waals surface area contributed by atoms with E-state index >= 15 is 0 Å². The summed E-state index contributed by atoms with van der Waals surface area (Å²) in [4.78, 5) is 22.1. The largest absolute Gasteiger partial charge is 0.481 e. The van der Waals surface area contributed by atoms with Gasteiger partial charge in [0.2, 0.25) is 5.91 Å². The second-order valence-electron chi connectivity index (χ2n) is 4.53. The third-order valence-corrected chi connectivity index (χ3v) is 2.28. The second-order valence-corrected chi connectivity index (χ2v) is 4.53. The van der Waals surface area contributed by atoms with Crippen molar-refractivity contribution in [1.82, 2.24) is 5.32 Å². The lowest BCUT2D eigenvalue weighted by atomic mass is 9.98. The third kappa shape index (κ3) is 6.22. The Labute approximate surface area is 96.7 Å². The van der Waals surface area contributed by atoms with Gasteiger partial charge < -0.3 is 10.4 Å². The molecule has 0 saturated carbocycles. The summed E-state index contributed by atoms with van der Waals surface area (Å²) in [6.45, 7) is 7.37. The van der Waals surface area contributed by atoms with E-state index < -0.39 is 11.5 Å². The molecule has 0 aromatic heterocycles. The summed E-state index contributed by atoms with van der Waals surface area (Å²) in [5.74, 6) is -0.972. The Morgan fingerprint density at radius 3 is 2.38 bits per heavy atom. The van der Waals surface area contributed by atoms with Gasteiger partial charge in [-0.05, 0) is 33.6 Å². The molecule has 0 aliphatic rings. The number of carboxylic acid groups (broad SMARTS) is 1. The fourth-order valence-electron chi connectivity index (χ4n) is 1.29. The van der Waals surface area contributed by atoms with Crippen molar-refractivity contribution in [3.8, 4) is 0 Å². The van der Waals surface area contributed by atoms with Crippen LogP contribution in [0, 0.1) is 0 Å². The summed E-state index contributed by atoms with van der Waals surface area (Å²) in [6, 6.07) is 0. The number of aliphatic carboxylic acids is 1. The minimum absolute atomic E-state index is 0.0593. The fraction of sp³-hybridized carbons (Fsp3) is 0.667. The molecule has 1 amide bonds. The topological polar surface area (TPSA) is 66.4 Å². The normalized spacial score (nSPS) is 12.4. The number of amides is 1. The summed E-state index contributed by atoms with van der Waals surface area (Å²) < 4.78 is 0. The number of hydrogen-bond acceptors (Lipinski definition) is 2. The molecule has 0 aromatic carbocycles. The summed E-state index contributed by atoms with van der Waals surface area (Å²) >= 11 is 0. The van der Waals surface area contributed by atoms with Gasteiger partial charge in [0, 0.05) is 17.5 Å². The van der Waals surface area contributed by atoms with E-state index in [1.165, 1.54) is 0 Å². The van der Waals surface area contributed by atoms with E-state index in [1.54, 1.807) is 6.92 Å². The predicted molar refractivity (Wildman–Crippen MR) is 63.1 cm³/mol. The molecular formula is C12H21NO3. The minimum atomic E-state index is -0.844. The van der Waals surface area contributed by atoms with E-state index in [4.69, 9.17) is 5.11 Å². The predicted octanol–water partition coefficient (Wildman–Crippen LogP) is 2.10. The van der Waals surface area contributed by atoms with Gasteiger partial charge in [-0.25, -0.2) is 0 Å². The zero-order valence-corrected chi connectivity index (χ0v) is 10.5. The quantitative estimate of drug-likeness (QED) is 0.683. The molecule has 92 valence electrons. The average Bonchev–Trinajstić information content (AvgIpc) is 2.14. The Bertz CT molecular complexity index is 293. The van der Waals surface area contributed by atoms with E-state index in [1.807, 2.05) is 26.8 Å². The van der Waals surface area contributed by atoms with Gasteiger partial charge in [0.05, 0.1) is 0 Å². The van der Waals surface area contributed by atoms with Gasteiger partial charge in [0.1, 0.15) is 0 Å². The summed E-state index contributed by atoms with van der Waals surface area (Å²) in [5.41, 5.74) is 0.184. The van der Waals surface area contributed by atoms with Crippen LogP contribution in [0.3, 0.4) is 0 Å². The van der Waals surface area contributed by atoms with Gasteiger partial charge in [-0.2, -0.15) is 0 Å². The van der Waals surface area contributed by atoms with Gasteiger partial charge in [0.25, 0.3) is 0 Å². The lowest BCUT2D eigenvalue weighted by molar-refractivity contribution is -0.137. The number of carboxylic acids is 1. The highest BCUT2D eigenvalue weighted by Crippen LogP contribution is 2.12. The van der Waals surface area contributed by atoms with Crippen molar-refractivity contribution in [2.45, 2.75) is 52.5 Å². The van der Waals surface area contributed by atoms with E-state index in [9.17, 15) is 9.59 Å². The molecule has 0 saturated heterocycles. The number of carbonyl (C=O) groups is 2. The molecule has 0 heterocycles. The molecule has 0 radical (unpaired) electrons. The highest BCUT2D eigenvalue weighted by molar-refractivity contribution is 5.93. The molecule has 2 N–H and O–H groups in total. The van der Waals surface area contributed by atoms with Crippen LogP contribution in [0.15, 0.2) is 11.6 Å². The van der Waals surface area contributed by atoms with Crippen molar-refractivity contribution in [1.29, 1.82) is 0 Å². The first-order valence-electron chi connectivity index (χ1n) is 5.49. The van der Waals surface area contributed by atoms with E-state index in [0.717, 1.165) is 6.42 Å². The number of allylic oxidation sites excluding steroid dienone is 1. The van der Waals surface area contributed by atoms with Gasteiger partial charge in [0.15, 0.2) is 0 Å². The molecular weight excluding hydrogens is 206 g/mol. The molecule has 4 heteroatoms. The van der Waals surface area contributed by atoms with E-state index in [0.29, 0.717) is 12.0 Å². The van der Waals surface area contributed by atoms with Crippen LogP contribution in [-0.4, -0.2) is 22.5 Å². The number of rotatable bonds is 6. The molecule has 0 aliphatic carbocycles. The van der Waals surface area contributed by atoms with Crippen molar-refractivity contribution in [3.05, 3.63) is 11.6 Å². The van der Waals surface area contributed by atoms with Crippen LogP contribution < -0.4 is 5.32 Å². The van der Waals surface area contributed by atoms with Crippen molar-refractivity contribution in [2.75, 3.05) is 0 Å². The van der Waals surface area contributed by atoms with Crippen molar-refractivity contribution in [3.63, 3.8) is 0 Å². The van der Waals surface area contributed by atoms with Crippen LogP contribution in [0.5, 0.6) is 0 Å². The van der Waals surface area contributed by atoms with Gasteiger partial charge >= 0.3 is 5.97 Å². The van der Waals surface area contributed by atoms with Crippen LogP contribution in [0.1, 0.15) is 47.0 Å². The Kier molecular flexibility index (Phi) is 5.78. The first kappa shape index (κ1) is 14.7. The van der Waals surface area contributed by atoms with Crippen molar-refractivity contribution in [2.24, 2.45) is 0 Å². The van der Waals surface area contributed by atoms with E-state index in [2.05, 4.69) is 5.32 Å². The lowest BCUT2D eigenvalue weighted by Crippen LogP contribution is -2.44. The van der Waals surface area contributed by atoms with Gasteiger partial charge in [-0.1, -0.05) is 13.0 Å². The average molecular weight is 227 g/mol. The van der Waals surface area contributed by atoms with Crippen molar-refractivity contribution < 1.29 is 14.7 Å². The Morgan fingerprint density at radius 2 is 1.94 bits per heavy atom. The Hall–Kier alpha value is -1.32. The fourth-order valence-corrected chi connectivity index (χ4v) is 1.29. The summed E-state index contributed by atoms with van der Waals surface area (Å²) in [6.07, 6.45) is 3.15. The molecule has 16 heavy (non-hydrogen) atoms. The number of carbonyl (C=O) groups excluding carboxylic acids is 1. The first-order chi connectivity index (χ1) is 7.28. The zero-order valence-electron chi connectivity index (χ0n) is 10.5. The third-order valence-electron chi connectivity index (χ3n) is 2.28. The summed E-state index contributed by atoms with van der Waals surface area (Å²) in [7, 11) is 0. The Morgan fingerprint density at radius 1 is 1.38 bits per heavy atom. The molecule has 0 spiro atoms. The maximum atomic E-state index is 11.7. The molecule has 0 atom stereocenters. The minimum Gasteiger partial charge on any atom is -0.481 e. The van der Waals surface area contributed by atoms with Crippen LogP contribution in [0.25, 0.3) is 0 Å².